The van der Waals surface area contributed by atoms with Crippen LogP contribution in [-0.2, 0) is 4.79 Å². The summed E-state index contributed by atoms with van der Waals surface area (Å²) in [6.07, 6.45) is 11.4. The van der Waals surface area contributed by atoms with Crippen LogP contribution in [0.3, 0.4) is 0 Å². The highest BCUT2D eigenvalue weighted by atomic mass is 16.1. The van der Waals surface area contributed by atoms with Gasteiger partial charge in [-0.2, -0.15) is 0 Å². The molecule has 0 aromatic rings. The Bertz CT molecular complexity index is 248. The number of ketones is 1. The summed E-state index contributed by atoms with van der Waals surface area (Å²) in [7, 11) is 0. The molecule has 2 aliphatic carbocycles. The molecular formula is C16H28O. The van der Waals surface area contributed by atoms with Gasteiger partial charge in [0.25, 0.3) is 0 Å². The standard InChI is InChI=1S/C16H28O/c1-12(2)14-9-10-16(17)15(11-14)13-7-5-3-4-6-8-13/h12-15H,3-11H2,1-2H3. The van der Waals surface area contributed by atoms with Crippen molar-refractivity contribution in [3.05, 3.63) is 0 Å². The van der Waals surface area contributed by atoms with Crippen LogP contribution in [0, 0.1) is 23.7 Å². The summed E-state index contributed by atoms with van der Waals surface area (Å²) in [6.45, 7) is 4.65. The summed E-state index contributed by atoms with van der Waals surface area (Å²) in [5, 5.41) is 0. The molecule has 17 heavy (non-hydrogen) atoms. The number of hydrogen-bond donors (Lipinski definition) is 0. The fourth-order valence-electron chi connectivity index (χ4n) is 3.86. The first-order valence-electron chi connectivity index (χ1n) is 7.71. The Hall–Kier alpha value is -0.330. The van der Waals surface area contributed by atoms with Crippen LogP contribution in [0.15, 0.2) is 0 Å². The van der Waals surface area contributed by atoms with Gasteiger partial charge < -0.3 is 0 Å². The molecule has 0 spiro atoms. The second-order valence-corrected chi connectivity index (χ2v) is 6.60. The molecule has 0 aliphatic heterocycles. The SMILES string of the molecule is CC(C)C1CCC(=O)C(C2CCCCCC2)C1. The predicted octanol–water partition coefficient (Wildman–Crippen LogP) is 4.60. The molecule has 0 bridgehead atoms. The van der Waals surface area contributed by atoms with Crippen LogP contribution in [0.25, 0.3) is 0 Å². The Morgan fingerprint density at radius 2 is 1.65 bits per heavy atom. The second kappa shape index (κ2) is 6.02. The fourth-order valence-corrected chi connectivity index (χ4v) is 3.86. The Labute approximate surface area is 106 Å². The number of carbonyl (C=O) groups excluding carboxylic acids is 1. The molecule has 1 heteroatoms. The molecule has 0 amide bonds. The third kappa shape index (κ3) is 3.33. The first-order valence-corrected chi connectivity index (χ1v) is 7.71. The van der Waals surface area contributed by atoms with E-state index in [2.05, 4.69) is 13.8 Å². The largest absolute Gasteiger partial charge is 0.299 e. The van der Waals surface area contributed by atoms with Crippen molar-refractivity contribution in [2.24, 2.45) is 23.7 Å². The van der Waals surface area contributed by atoms with Gasteiger partial charge in [-0.15, -0.1) is 0 Å². The van der Waals surface area contributed by atoms with E-state index < -0.39 is 0 Å². The highest BCUT2D eigenvalue weighted by Crippen LogP contribution is 2.39. The molecule has 0 aromatic heterocycles. The molecule has 0 heterocycles. The molecule has 2 fully saturated rings. The maximum atomic E-state index is 12.2. The van der Waals surface area contributed by atoms with Crippen LogP contribution >= 0.6 is 0 Å². The zero-order valence-corrected chi connectivity index (χ0v) is 11.6. The van der Waals surface area contributed by atoms with Crippen molar-refractivity contribution in [1.82, 2.24) is 0 Å². The van der Waals surface area contributed by atoms with Crippen LogP contribution in [0.5, 0.6) is 0 Å². The van der Waals surface area contributed by atoms with Crippen molar-refractivity contribution < 1.29 is 4.79 Å². The minimum absolute atomic E-state index is 0.425. The number of Topliss-reactive ketones (excluding diaryl/α,β-unsaturated/α-hetero) is 1. The third-order valence-electron chi connectivity index (χ3n) is 5.14. The quantitative estimate of drug-likeness (QED) is 0.640. The zero-order valence-electron chi connectivity index (χ0n) is 11.6. The summed E-state index contributed by atoms with van der Waals surface area (Å²) in [4.78, 5) is 12.2. The highest BCUT2D eigenvalue weighted by molar-refractivity contribution is 5.82. The lowest BCUT2D eigenvalue weighted by Gasteiger charge is -2.35. The van der Waals surface area contributed by atoms with Gasteiger partial charge in [-0.1, -0.05) is 39.5 Å². The van der Waals surface area contributed by atoms with Crippen LogP contribution in [0.4, 0.5) is 0 Å². The number of hydrogen-bond acceptors (Lipinski definition) is 1. The first-order chi connectivity index (χ1) is 8.18. The molecule has 1 nitrogen and oxygen atoms in total. The Morgan fingerprint density at radius 1 is 1.00 bits per heavy atom. The van der Waals surface area contributed by atoms with E-state index in [1.807, 2.05) is 0 Å². The second-order valence-electron chi connectivity index (χ2n) is 6.60. The van der Waals surface area contributed by atoms with Gasteiger partial charge in [0.15, 0.2) is 0 Å². The molecule has 2 unspecified atom stereocenters. The van der Waals surface area contributed by atoms with Gasteiger partial charge in [-0.25, -0.2) is 0 Å². The molecule has 2 rings (SSSR count). The molecule has 2 aliphatic rings. The van der Waals surface area contributed by atoms with E-state index in [-0.39, 0.29) is 0 Å². The zero-order chi connectivity index (χ0) is 12.3. The first kappa shape index (κ1) is 13.1. The maximum absolute atomic E-state index is 12.2. The van der Waals surface area contributed by atoms with Crippen LogP contribution in [-0.4, -0.2) is 5.78 Å². The minimum Gasteiger partial charge on any atom is -0.299 e. The average Bonchev–Trinajstić information content (AvgIpc) is 2.58. The van der Waals surface area contributed by atoms with Crippen molar-refractivity contribution in [2.45, 2.75) is 71.6 Å². The van der Waals surface area contributed by atoms with Gasteiger partial charge in [0.05, 0.1) is 0 Å². The van der Waals surface area contributed by atoms with Gasteiger partial charge in [0.1, 0.15) is 5.78 Å². The maximum Gasteiger partial charge on any atom is 0.136 e. The summed E-state index contributed by atoms with van der Waals surface area (Å²) >= 11 is 0. The summed E-state index contributed by atoms with van der Waals surface area (Å²) in [6, 6.07) is 0. The van der Waals surface area contributed by atoms with Crippen LogP contribution in [0.1, 0.15) is 71.6 Å². The molecule has 2 atom stereocenters. The fraction of sp³-hybridized carbons (Fsp3) is 0.938. The molecule has 0 aromatic carbocycles. The molecule has 2 saturated carbocycles. The lowest BCUT2D eigenvalue weighted by atomic mass is 9.69. The van der Waals surface area contributed by atoms with Gasteiger partial charge >= 0.3 is 0 Å². The number of carbonyl (C=O) groups is 1. The van der Waals surface area contributed by atoms with Gasteiger partial charge in [0.2, 0.25) is 0 Å². The van der Waals surface area contributed by atoms with E-state index in [4.69, 9.17) is 0 Å². The van der Waals surface area contributed by atoms with Gasteiger partial charge in [-0.3, -0.25) is 4.79 Å². The lowest BCUT2D eigenvalue weighted by Crippen LogP contribution is -2.32. The molecule has 0 N–H and O–H groups in total. The van der Waals surface area contributed by atoms with E-state index in [9.17, 15) is 4.79 Å². The van der Waals surface area contributed by atoms with Crippen LogP contribution < -0.4 is 0 Å². The monoisotopic (exact) mass is 236 g/mol. The van der Waals surface area contributed by atoms with Crippen LogP contribution in [0.2, 0.25) is 0 Å². The lowest BCUT2D eigenvalue weighted by molar-refractivity contribution is -0.128. The Kier molecular flexibility index (Phi) is 4.64. The highest BCUT2D eigenvalue weighted by Gasteiger charge is 2.35. The smallest absolute Gasteiger partial charge is 0.136 e. The summed E-state index contributed by atoms with van der Waals surface area (Å²) in [5.41, 5.74) is 0. The normalized spacial score (nSPS) is 32.8. The van der Waals surface area contributed by atoms with E-state index in [0.717, 1.165) is 30.6 Å². The van der Waals surface area contributed by atoms with E-state index in [0.29, 0.717) is 11.7 Å². The summed E-state index contributed by atoms with van der Waals surface area (Å²) < 4.78 is 0. The predicted molar refractivity (Wildman–Crippen MR) is 71.9 cm³/mol. The molecular weight excluding hydrogens is 208 g/mol. The van der Waals surface area contributed by atoms with Crippen molar-refractivity contribution >= 4 is 5.78 Å². The van der Waals surface area contributed by atoms with Crippen molar-refractivity contribution in [3.63, 3.8) is 0 Å². The van der Waals surface area contributed by atoms with Crippen molar-refractivity contribution in [2.75, 3.05) is 0 Å². The van der Waals surface area contributed by atoms with Crippen molar-refractivity contribution in [3.8, 4) is 0 Å². The topological polar surface area (TPSA) is 17.1 Å². The van der Waals surface area contributed by atoms with E-state index in [1.54, 1.807) is 0 Å². The molecule has 98 valence electrons. The Balaban J connectivity index is 1.98. The summed E-state index contributed by atoms with van der Waals surface area (Å²) in [5.74, 6) is 3.31. The van der Waals surface area contributed by atoms with Crippen molar-refractivity contribution in [1.29, 1.82) is 0 Å². The third-order valence-corrected chi connectivity index (χ3v) is 5.14. The number of rotatable bonds is 2. The van der Waals surface area contributed by atoms with Gasteiger partial charge in [-0.05, 0) is 43.4 Å². The molecule has 0 radical (unpaired) electrons. The molecule has 0 saturated heterocycles. The minimum atomic E-state index is 0.425. The van der Waals surface area contributed by atoms with Gasteiger partial charge in [0, 0.05) is 12.3 Å². The van der Waals surface area contributed by atoms with E-state index in [1.165, 1.54) is 44.9 Å². The Morgan fingerprint density at radius 3 is 2.24 bits per heavy atom. The van der Waals surface area contributed by atoms with E-state index >= 15 is 0 Å². The average molecular weight is 236 g/mol.